The van der Waals surface area contributed by atoms with Gasteiger partial charge in [-0.15, -0.1) is 5.10 Å². The number of hydrogen-bond acceptors (Lipinski definition) is 6. The fourth-order valence-corrected chi connectivity index (χ4v) is 4.34. The summed E-state index contributed by atoms with van der Waals surface area (Å²) in [4.78, 5) is 15.6. The second-order valence-corrected chi connectivity index (χ2v) is 9.77. The van der Waals surface area contributed by atoms with E-state index in [1.807, 2.05) is 5.53 Å². The number of unbranched alkanes of at least 4 members (excludes halogenated alkanes) is 2. The van der Waals surface area contributed by atoms with Crippen molar-refractivity contribution in [1.29, 1.82) is 0 Å². The lowest BCUT2D eigenvalue weighted by Gasteiger charge is -2.16. The molecule has 1 fully saturated rings. The molecule has 2 aromatic heterocycles. The normalized spacial score (nSPS) is 14.4. The number of nitrogens with two attached hydrogens (primary N) is 2. The molecular weight excluding hydrogens is 556 g/mol. The van der Waals surface area contributed by atoms with E-state index in [4.69, 9.17) is 16.3 Å². The third kappa shape index (κ3) is 8.02. The van der Waals surface area contributed by atoms with Crippen molar-refractivity contribution >= 4 is 5.84 Å². The summed E-state index contributed by atoms with van der Waals surface area (Å²) >= 11 is 0. The number of hydrazone groups is 1. The van der Waals surface area contributed by atoms with E-state index < -0.39 is 29.9 Å². The molecule has 0 amide bonds. The highest BCUT2D eigenvalue weighted by Crippen LogP contribution is 2.39. The smallest absolute Gasteiger partial charge is 0.417 e. The predicted octanol–water partition coefficient (Wildman–Crippen LogP) is 4.92. The van der Waals surface area contributed by atoms with Gasteiger partial charge >= 0.3 is 12.4 Å². The minimum atomic E-state index is -4.83. The Morgan fingerprint density at radius 3 is 2.51 bits per heavy atom. The van der Waals surface area contributed by atoms with Crippen molar-refractivity contribution < 1.29 is 31.1 Å². The number of amidine groups is 1. The Labute approximate surface area is 230 Å². The molecule has 41 heavy (non-hydrogen) atoms. The summed E-state index contributed by atoms with van der Waals surface area (Å²) in [6, 6.07) is 6.20. The van der Waals surface area contributed by atoms with Crippen molar-refractivity contribution in [2.24, 2.45) is 22.6 Å². The standard InChI is InChI=1S/C26H29F6N7O2/c27-25(28,29)9-2-1-3-11-41-16-6-7-17(19(12-16)26(30,31)32)21-13-18(22(24(40)35-21)23(33)36-38-34)20-8-10-39(37-20)14-15-4-5-15/h6-8,10,12-13,15,38H,1-5,9,11,14,34H2,(H2,33,36)(H,35,40). The number of aromatic nitrogens is 3. The molecule has 0 unspecified atom stereocenters. The van der Waals surface area contributed by atoms with E-state index in [9.17, 15) is 31.1 Å². The van der Waals surface area contributed by atoms with E-state index in [1.54, 1.807) is 16.9 Å². The van der Waals surface area contributed by atoms with Gasteiger partial charge in [0, 0.05) is 36.0 Å². The molecule has 1 aliphatic carbocycles. The van der Waals surface area contributed by atoms with Gasteiger partial charge in [0.05, 0.1) is 23.4 Å². The number of pyridine rings is 1. The van der Waals surface area contributed by atoms with E-state index in [1.165, 1.54) is 12.1 Å². The maximum Gasteiger partial charge on any atom is 0.417 e. The maximum atomic E-state index is 14.1. The number of alkyl halides is 6. The van der Waals surface area contributed by atoms with Crippen LogP contribution in [-0.2, 0) is 12.7 Å². The first-order chi connectivity index (χ1) is 19.4. The summed E-state index contributed by atoms with van der Waals surface area (Å²) in [6.45, 7) is 0.614. The van der Waals surface area contributed by atoms with Gasteiger partial charge in [0.1, 0.15) is 5.75 Å². The fraction of sp³-hybridized carbons (Fsp3) is 0.423. The van der Waals surface area contributed by atoms with Gasteiger partial charge in [0.15, 0.2) is 5.84 Å². The van der Waals surface area contributed by atoms with Crippen LogP contribution >= 0.6 is 0 Å². The Bertz CT molecular complexity index is 1440. The van der Waals surface area contributed by atoms with Crippen LogP contribution in [0.1, 0.15) is 49.7 Å². The van der Waals surface area contributed by atoms with Gasteiger partial charge < -0.3 is 15.5 Å². The molecule has 0 saturated heterocycles. The monoisotopic (exact) mass is 585 g/mol. The molecule has 6 N–H and O–H groups in total. The van der Waals surface area contributed by atoms with Crippen LogP contribution in [0.25, 0.3) is 22.5 Å². The van der Waals surface area contributed by atoms with E-state index in [-0.39, 0.29) is 59.8 Å². The molecule has 0 spiro atoms. The zero-order valence-corrected chi connectivity index (χ0v) is 21.8. The Kier molecular flexibility index (Phi) is 8.95. The van der Waals surface area contributed by atoms with Crippen LogP contribution in [0.5, 0.6) is 5.75 Å². The fourth-order valence-electron chi connectivity index (χ4n) is 4.34. The summed E-state index contributed by atoms with van der Waals surface area (Å²) < 4.78 is 86.3. The second kappa shape index (κ2) is 12.2. The van der Waals surface area contributed by atoms with Crippen LogP contribution in [0.3, 0.4) is 0 Å². The maximum absolute atomic E-state index is 14.1. The Morgan fingerprint density at radius 1 is 1.10 bits per heavy atom. The van der Waals surface area contributed by atoms with Crippen molar-refractivity contribution in [1.82, 2.24) is 20.3 Å². The van der Waals surface area contributed by atoms with Gasteiger partial charge in [0.25, 0.3) is 5.56 Å². The van der Waals surface area contributed by atoms with Crippen molar-refractivity contribution in [2.45, 2.75) is 57.4 Å². The van der Waals surface area contributed by atoms with E-state index in [0.29, 0.717) is 18.2 Å². The zero-order chi connectivity index (χ0) is 29.8. The first-order valence-electron chi connectivity index (χ1n) is 12.9. The van der Waals surface area contributed by atoms with E-state index in [0.717, 1.165) is 25.0 Å². The number of aromatic amines is 1. The number of ether oxygens (including phenoxy) is 1. The SMILES string of the molecule is NN/N=C(\N)c1c(-c2ccn(CC3CC3)n2)cc(-c2ccc(OCCCCCC(F)(F)F)cc2C(F)(F)F)[nH]c1=O. The first-order valence-corrected chi connectivity index (χ1v) is 12.9. The van der Waals surface area contributed by atoms with Crippen LogP contribution in [0.15, 0.2) is 46.4 Å². The number of hydrogen-bond donors (Lipinski definition) is 4. The molecule has 2 heterocycles. The topological polar surface area (TPSA) is 136 Å². The lowest BCUT2D eigenvalue weighted by molar-refractivity contribution is -0.137. The highest BCUT2D eigenvalue weighted by atomic mass is 19.4. The first kappa shape index (κ1) is 30.0. The molecule has 0 radical (unpaired) electrons. The lowest BCUT2D eigenvalue weighted by Crippen LogP contribution is -2.30. The molecule has 15 heteroatoms. The Morgan fingerprint density at radius 2 is 1.85 bits per heavy atom. The van der Waals surface area contributed by atoms with Crippen LogP contribution in [0.4, 0.5) is 26.3 Å². The van der Waals surface area contributed by atoms with Gasteiger partial charge in [0.2, 0.25) is 0 Å². The van der Waals surface area contributed by atoms with Gasteiger partial charge in [-0.1, -0.05) is 0 Å². The van der Waals surface area contributed by atoms with Crippen molar-refractivity contribution in [3.05, 3.63) is 58.0 Å². The zero-order valence-electron chi connectivity index (χ0n) is 21.8. The quantitative estimate of drug-likeness (QED) is 0.0595. The number of nitrogens with zero attached hydrogens (tertiary/aromatic N) is 3. The number of nitrogens with one attached hydrogen (secondary N) is 2. The van der Waals surface area contributed by atoms with Crippen LogP contribution in [0, 0.1) is 5.92 Å². The van der Waals surface area contributed by atoms with Gasteiger partial charge in [-0.2, -0.15) is 31.4 Å². The number of rotatable bonds is 12. The average Bonchev–Trinajstić information content (AvgIpc) is 3.58. The number of benzene rings is 1. The second-order valence-electron chi connectivity index (χ2n) is 9.77. The molecule has 9 nitrogen and oxygen atoms in total. The molecule has 1 saturated carbocycles. The third-order valence-electron chi connectivity index (χ3n) is 6.49. The Hall–Kier alpha value is -4.01. The van der Waals surface area contributed by atoms with E-state index >= 15 is 0 Å². The molecule has 0 atom stereocenters. The van der Waals surface area contributed by atoms with Gasteiger partial charge in [-0.05, 0) is 68.4 Å². The van der Waals surface area contributed by atoms with Crippen LogP contribution < -0.4 is 27.4 Å². The molecule has 4 rings (SSSR count). The summed E-state index contributed by atoms with van der Waals surface area (Å²) in [5.41, 5.74) is 5.93. The number of halogens is 6. The van der Waals surface area contributed by atoms with E-state index in [2.05, 4.69) is 15.2 Å². The summed E-state index contributed by atoms with van der Waals surface area (Å²) in [5, 5.41) is 8.14. The number of H-pyrrole nitrogens is 1. The highest BCUT2D eigenvalue weighted by Gasteiger charge is 2.35. The van der Waals surface area contributed by atoms with Gasteiger partial charge in [-0.25, -0.2) is 11.4 Å². The van der Waals surface area contributed by atoms with Crippen LogP contribution in [0.2, 0.25) is 0 Å². The molecule has 1 aliphatic rings. The number of hydrazine groups is 1. The largest absolute Gasteiger partial charge is 0.494 e. The minimum Gasteiger partial charge on any atom is -0.494 e. The minimum absolute atomic E-state index is 0.0541. The lowest BCUT2D eigenvalue weighted by atomic mass is 9.98. The molecule has 0 aliphatic heterocycles. The Balaban J connectivity index is 1.66. The average molecular weight is 586 g/mol. The summed E-state index contributed by atoms with van der Waals surface area (Å²) in [6.07, 6.45) is -5.79. The molecule has 3 aromatic rings. The third-order valence-corrected chi connectivity index (χ3v) is 6.49. The predicted molar refractivity (Wildman–Crippen MR) is 140 cm³/mol. The molecule has 1 aromatic carbocycles. The summed E-state index contributed by atoms with van der Waals surface area (Å²) in [7, 11) is 0. The van der Waals surface area contributed by atoms with Crippen molar-refractivity contribution in [3.8, 4) is 28.3 Å². The molecule has 222 valence electrons. The highest BCUT2D eigenvalue weighted by molar-refractivity contribution is 6.03. The van der Waals surface area contributed by atoms with Crippen molar-refractivity contribution in [3.63, 3.8) is 0 Å². The molecular formula is C26H29F6N7O2. The van der Waals surface area contributed by atoms with Crippen LogP contribution in [-0.4, -0.2) is 33.4 Å². The summed E-state index contributed by atoms with van der Waals surface area (Å²) in [5.74, 6) is 5.32. The van der Waals surface area contributed by atoms with Crippen molar-refractivity contribution in [2.75, 3.05) is 6.61 Å². The molecule has 0 bridgehead atoms. The van der Waals surface area contributed by atoms with Gasteiger partial charge in [-0.3, -0.25) is 9.48 Å².